The van der Waals surface area contributed by atoms with Gasteiger partial charge in [-0.3, -0.25) is 0 Å². The van der Waals surface area contributed by atoms with Gasteiger partial charge >= 0.3 is 0 Å². The van der Waals surface area contributed by atoms with Crippen LogP contribution in [-0.2, 0) is 16.7 Å². The first-order valence-corrected chi connectivity index (χ1v) is 8.43. The lowest BCUT2D eigenvalue weighted by molar-refractivity contribution is 0.361. The second kappa shape index (κ2) is 6.10. The zero-order valence-electron chi connectivity index (χ0n) is 11.6. The zero-order valence-corrected chi connectivity index (χ0v) is 12.4. The molecule has 1 aliphatic rings. The van der Waals surface area contributed by atoms with Gasteiger partial charge < -0.3 is 5.32 Å². The minimum absolute atomic E-state index is 0.113. The van der Waals surface area contributed by atoms with E-state index < -0.39 is 16.7 Å². The molecule has 0 spiro atoms. The Balaban J connectivity index is 2.14. The quantitative estimate of drug-likeness (QED) is 0.898. The highest BCUT2D eigenvalue weighted by Crippen LogP contribution is 2.27. The van der Waals surface area contributed by atoms with Gasteiger partial charge in [0.05, 0.1) is 4.90 Å². The van der Waals surface area contributed by atoms with Crippen LogP contribution in [0.15, 0.2) is 23.1 Å². The van der Waals surface area contributed by atoms with Crippen molar-refractivity contribution in [2.24, 2.45) is 11.1 Å². The third kappa shape index (κ3) is 3.70. The highest BCUT2D eigenvalue weighted by atomic mass is 32.2. The lowest BCUT2D eigenvalue weighted by Gasteiger charge is -2.28. The van der Waals surface area contributed by atoms with E-state index in [-0.39, 0.29) is 10.5 Å². The molecule has 0 amide bonds. The molecular formula is C14H21FN2O2S. The Bertz CT molecular complexity index is 567. The Labute approximate surface area is 119 Å². The van der Waals surface area contributed by atoms with Crippen LogP contribution >= 0.6 is 0 Å². The van der Waals surface area contributed by atoms with Crippen LogP contribution in [0.3, 0.4) is 0 Å². The number of benzene rings is 1. The molecule has 20 heavy (non-hydrogen) atoms. The van der Waals surface area contributed by atoms with Gasteiger partial charge in [0, 0.05) is 17.3 Å². The first kappa shape index (κ1) is 15.3. The molecule has 0 unspecified atom stereocenters. The smallest absolute Gasteiger partial charge is 0.238 e. The van der Waals surface area contributed by atoms with E-state index in [1.165, 1.54) is 25.0 Å². The number of alkyl halides is 1. The number of halogens is 1. The summed E-state index contributed by atoms with van der Waals surface area (Å²) in [5.41, 5.74) is 0.867. The topological polar surface area (TPSA) is 72.2 Å². The number of anilines is 1. The number of hydrogen-bond acceptors (Lipinski definition) is 3. The van der Waals surface area contributed by atoms with Crippen LogP contribution in [0.1, 0.15) is 38.2 Å². The number of nitrogens with two attached hydrogens (primary N) is 1. The molecule has 0 radical (unpaired) electrons. The number of hydrogen-bond donors (Lipinski definition) is 2. The minimum atomic E-state index is -3.87. The molecule has 1 saturated carbocycles. The summed E-state index contributed by atoms with van der Waals surface area (Å²) in [5.74, 6) is 0.763. The predicted molar refractivity (Wildman–Crippen MR) is 77.7 cm³/mol. The van der Waals surface area contributed by atoms with Crippen LogP contribution in [0, 0.1) is 5.92 Å². The van der Waals surface area contributed by atoms with Gasteiger partial charge in [0.25, 0.3) is 0 Å². The third-order valence-electron chi connectivity index (χ3n) is 3.90. The van der Waals surface area contributed by atoms with E-state index in [1.807, 2.05) is 0 Å². The maximum atomic E-state index is 13.0. The van der Waals surface area contributed by atoms with Gasteiger partial charge in [-0.15, -0.1) is 0 Å². The standard InChI is InChI=1S/C14H21FN2O2S/c1-10-2-4-12(5-3-10)17-13-6-7-14(20(16,18)19)11(8-13)9-15/h6-8,10,12,17H,2-5,9H2,1H3,(H2,16,18,19). The van der Waals surface area contributed by atoms with E-state index in [2.05, 4.69) is 12.2 Å². The van der Waals surface area contributed by atoms with Crippen molar-refractivity contribution in [3.05, 3.63) is 23.8 Å². The first-order chi connectivity index (χ1) is 9.40. The Morgan fingerprint density at radius 3 is 2.50 bits per heavy atom. The van der Waals surface area contributed by atoms with Crippen LogP contribution < -0.4 is 10.5 Å². The van der Waals surface area contributed by atoms with Gasteiger partial charge in [-0.1, -0.05) is 6.92 Å². The van der Waals surface area contributed by atoms with Crippen LogP contribution in [0.5, 0.6) is 0 Å². The Morgan fingerprint density at radius 2 is 1.95 bits per heavy atom. The van der Waals surface area contributed by atoms with Gasteiger partial charge in [0.2, 0.25) is 10.0 Å². The molecule has 1 fully saturated rings. The Kier molecular flexibility index (Phi) is 4.65. The maximum Gasteiger partial charge on any atom is 0.238 e. The van der Waals surface area contributed by atoms with Gasteiger partial charge in [0.1, 0.15) is 6.67 Å². The van der Waals surface area contributed by atoms with Crippen molar-refractivity contribution in [2.45, 2.75) is 50.2 Å². The van der Waals surface area contributed by atoms with Crippen LogP contribution in [0.4, 0.5) is 10.1 Å². The molecule has 0 saturated heterocycles. The number of primary sulfonamides is 1. The van der Waals surface area contributed by atoms with E-state index in [1.54, 1.807) is 6.07 Å². The normalized spacial score (nSPS) is 23.6. The monoisotopic (exact) mass is 300 g/mol. The molecule has 0 atom stereocenters. The van der Waals surface area contributed by atoms with Crippen molar-refractivity contribution in [3.63, 3.8) is 0 Å². The van der Waals surface area contributed by atoms with E-state index in [0.717, 1.165) is 24.4 Å². The van der Waals surface area contributed by atoms with E-state index in [9.17, 15) is 12.8 Å². The lowest BCUT2D eigenvalue weighted by atomic mass is 9.87. The number of rotatable bonds is 4. The summed E-state index contributed by atoms with van der Waals surface area (Å²) >= 11 is 0. The van der Waals surface area contributed by atoms with Gasteiger partial charge in [-0.2, -0.15) is 0 Å². The Morgan fingerprint density at radius 1 is 1.30 bits per heavy atom. The average molecular weight is 300 g/mol. The van der Waals surface area contributed by atoms with Crippen LogP contribution in [0.25, 0.3) is 0 Å². The molecule has 0 heterocycles. The largest absolute Gasteiger partial charge is 0.382 e. The second-order valence-corrected chi connectivity index (χ2v) is 7.13. The summed E-state index contributed by atoms with van der Waals surface area (Å²) in [5, 5.41) is 8.42. The molecule has 112 valence electrons. The molecular weight excluding hydrogens is 279 g/mol. The van der Waals surface area contributed by atoms with E-state index in [4.69, 9.17) is 5.14 Å². The summed E-state index contributed by atoms with van der Waals surface area (Å²) in [7, 11) is -3.87. The van der Waals surface area contributed by atoms with E-state index in [0.29, 0.717) is 6.04 Å². The molecule has 4 nitrogen and oxygen atoms in total. The van der Waals surface area contributed by atoms with Crippen molar-refractivity contribution >= 4 is 15.7 Å². The maximum absolute atomic E-state index is 13.0. The lowest BCUT2D eigenvalue weighted by Crippen LogP contribution is -2.25. The fourth-order valence-electron chi connectivity index (χ4n) is 2.69. The van der Waals surface area contributed by atoms with Crippen molar-refractivity contribution < 1.29 is 12.8 Å². The molecule has 1 aliphatic carbocycles. The summed E-state index contributed by atoms with van der Waals surface area (Å²) in [6.45, 7) is 1.40. The van der Waals surface area contributed by atoms with Crippen molar-refractivity contribution in [1.82, 2.24) is 0 Å². The molecule has 1 aromatic carbocycles. The fourth-order valence-corrected chi connectivity index (χ4v) is 3.43. The SMILES string of the molecule is CC1CCC(Nc2ccc(S(N)(=O)=O)c(CF)c2)CC1. The summed E-state index contributed by atoms with van der Waals surface area (Å²) in [6.07, 6.45) is 4.54. The van der Waals surface area contributed by atoms with Gasteiger partial charge in [0.15, 0.2) is 0 Å². The molecule has 0 aromatic heterocycles. The predicted octanol–water partition coefficient (Wildman–Crippen LogP) is 2.79. The molecule has 0 bridgehead atoms. The van der Waals surface area contributed by atoms with Crippen molar-refractivity contribution in [1.29, 1.82) is 0 Å². The van der Waals surface area contributed by atoms with Crippen molar-refractivity contribution in [2.75, 3.05) is 5.32 Å². The first-order valence-electron chi connectivity index (χ1n) is 6.88. The molecule has 1 aromatic rings. The fraction of sp³-hybridized carbons (Fsp3) is 0.571. The van der Waals surface area contributed by atoms with Crippen LogP contribution in [-0.4, -0.2) is 14.5 Å². The molecule has 3 N–H and O–H groups in total. The second-order valence-electron chi connectivity index (χ2n) is 5.60. The van der Waals surface area contributed by atoms with E-state index >= 15 is 0 Å². The number of sulfonamides is 1. The zero-order chi connectivity index (χ0) is 14.8. The summed E-state index contributed by atoms with van der Waals surface area (Å²) < 4.78 is 35.7. The molecule has 6 heteroatoms. The molecule has 0 aliphatic heterocycles. The van der Waals surface area contributed by atoms with Gasteiger partial charge in [-0.05, 0) is 49.8 Å². The summed E-state index contributed by atoms with van der Waals surface area (Å²) in [4.78, 5) is -0.136. The minimum Gasteiger partial charge on any atom is -0.382 e. The highest BCUT2D eigenvalue weighted by molar-refractivity contribution is 7.89. The van der Waals surface area contributed by atoms with Crippen LogP contribution in [0.2, 0.25) is 0 Å². The third-order valence-corrected chi connectivity index (χ3v) is 4.91. The molecule has 2 rings (SSSR count). The number of nitrogens with one attached hydrogen (secondary N) is 1. The average Bonchev–Trinajstić information content (AvgIpc) is 2.40. The Hall–Kier alpha value is -1.14. The highest BCUT2D eigenvalue weighted by Gasteiger charge is 2.19. The summed E-state index contributed by atoms with van der Waals surface area (Å²) in [6, 6.07) is 4.94. The van der Waals surface area contributed by atoms with Gasteiger partial charge in [-0.25, -0.2) is 17.9 Å². The van der Waals surface area contributed by atoms with Crippen molar-refractivity contribution in [3.8, 4) is 0 Å².